The summed E-state index contributed by atoms with van der Waals surface area (Å²) in [4.78, 5) is 2.34. The van der Waals surface area contributed by atoms with Crippen molar-refractivity contribution in [1.29, 1.82) is 0 Å². The van der Waals surface area contributed by atoms with Gasteiger partial charge in [0.15, 0.2) is 0 Å². The lowest BCUT2D eigenvalue weighted by molar-refractivity contribution is 0.139. The number of hydrogen-bond acceptors (Lipinski definition) is 3. The van der Waals surface area contributed by atoms with Gasteiger partial charge in [-0.3, -0.25) is 4.90 Å². The first-order valence-corrected chi connectivity index (χ1v) is 7.86. The molecule has 0 aromatic heterocycles. The number of halogens is 1. The molecular formula is C16H27ClN2O. The van der Waals surface area contributed by atoms with E-state index in [9.17, 15) is 5.11 Å². The van der Waals surface area contributed by atoms with Gasteiger partial charge >= 0.3 is 0 Å². The summed E-state index contributed by atoms with van der Waals surface area (Å²) in [6, 6.07) is 8.26. The predicted molar refractivity (Wildman–Crippen MR) is 86.0 cm³/mol. The first-order chi connectivity index (χ1) is 9.62. The smallest absolute Gasteiger partial charge is 0.0558 e. The molecule has 0 saturated heterocycles. The Balaban J connectivity index is 2.58. The zero-order chi connectivity index (χ0) is 15.0. The van der Waals surface area contributed by atoms with Crippen LogP contribution in [-0.4, -0.2) is 35.7 Å². The van der Waals surface area contributed by atoms with Crippen LogP contribution in [0, 0.1) is 0 Å². The normalized spacial score (nSPS) is 13.2. The molecule has 0 bridgehead atoms. The van der Waals surface area contributed by atoms with E-state index < -0.39 is 0 Å². The predicted octanol–water partition coefficient (Wildman–Crippen LogP) is 3.21. The fourth-order valence-corrected chi connectivity index (χ4v) is 2.82. The van der Waals surface area contributed by atoms with Crippen molar-refractivity contribution < 1.29 is 5.11 Å². The fraction of sp³-hybridized carbons (Fsp3) is 0.625. The largest absolute Gasteiger partial charge is 0.395 e. The summed E-state index contributed by atoms with van der Waals surface area (Å²) in [5, 5.41) is 9.93. The molecule has 1 aromatic rings. The highest BCUT2D eigenvalue weighted by Gasteiger charge is 2.16. The molecule has 3 nitrogen and oxygen atoms in total. The Bertz CT molecular complexity index is 382. The number of benzene rings is 1. The van der Waals surface area contributed by atoms with Gasteiger partial charge in [-0.1, -0.05) is 37.6 Å². The molecule has 1 unspecified atom stereocenters. The van der Waals surface area contributed by atoms with Gasteiger partial charge in [-0.15, -0.1) is 0 Å². The van der Waals surface area contributed by atoms with E-state index >= 15 is 0 Å². The van der Waals surface area contributed by atoms with Crippen LogP contribution in [0.4, 0.5) is 0 Å². The summed E-state index contributed by atoms with van der Waals surface area (Å²) in [5.41, 5.74) is 7.32. The number of nitrogens with two attached hydrogens (primary N) is 1. The second-order valence-corrected chi connectivity index (χ2v) is 5.62. The summed E-state index contributed by atoms with van der Waals surface area (Å²) in [6.45, 7) is 6.20. The monoisotopic (exact) mass is 298 g/mol. The van der Waals surface area contributed by atoms with Gasteiger partial charge in [-0.2, -0.15) is 0 Å². The Labute approximate surface area is 127 Å². The second-order valence-electron chi connectivity index (χ2n) is 5.18. The average Bonchev–Trinajstić information content (AvgIpc) is 2.45. The summed E-state index contributed by atoms with van der Waals surface area (Å²) in [5.74, 6) is 0. The molecule has 1 rings (SSSR count). The molecule has 1 aromatic carbocycles. The first-order valence-electron chi connectivity index (χ1n) is 7.48. The molecule has 0 aliphatic rings. The molecule has 1 atom stereocenters. The zero-order valence-electron chi connectivity index (χ0n) is 12.6. The van der Waals surface area contributed by atoms with Crippen LogP contribution < -0.4 is 5.73 Å². The molecule has 0 aliphatic carbocycles. The Morgan fingerprint density at radius 1 is 1.25 bits per heavy atom. The van der Waals surface area contributed by atoms with Gasteiger partial charge in [-0.25, -0.2) is 0 Å². The minimum absolute atomic E-state index is 0.00995. The van der Waals surface area contributed by atoms with Crippen LogP contribution in [0.15, 0.2) is 24.3 Å². The van der Waals surface area contributed by atoms with Crippen LogP contribution >= 0.6 is 11.6 Å². The highest BCUT2D eigenvalue weighted by atomic mass is 35.5. The molecule has 0 spiro atoms. The summed E-state index contributed by atoms with van der Waals surface area (Å²) < 4.78 is 0. The molecule has 0 saturated carbocycles. The van der Waals surface area contributed by atoms with Gasteiger partial charge < -0.3 is 10.8 Å². The molecule has 0 heterocycles. The quantitative estimate of drug-likeness (QED) is 0.736. The van der Waals surface area contributed by atoms with Crippen LogP contribution in [0.1, 0.15) is 44.7 Å². The van der Waals surface area contributed by atoms with E-state index in [4.69, 9.17) is 17.3 Å². The maximum absolute atomic E-state index is 9.20. The number of hydrogen-bond donors (Lipinski definition) is 2. The van der Waals surface area contributed by atoms with Crippen molar-refractivity contribution in [1.82, 2.24) is 4.90 Å². The Kier molecular flexibility index (Phi) is 8.15. The van der Waals surface area contributed by atoms with Crippen LogP contribution in [-0.2, 0) is 0 Å². The topological polar surface area (TPSA) is 49.5 Å². The van der Waals surface area contributed by atoms with Crippen LogP contribution in [0.2, 0.25) is 5.02 Å². The standard InChI is InChI=1S/C16H27ClN2O/c1-3-15(4-2)19(10-11-20)9-8-16(18)13-6-5-7-14(17)12-13/h5-7,12,15-16,20H,3-4,8-11,18H2,1-2H3. The van der Waals surface area contributed by atoms with Crippen LogP contribution in [0.5, 0.6) is 0 Å². The molecule has 0 amide bonds. The minimum atomic E-state index is -0.00995. The van der Waals surface area contributed by atoms with E-state index in [1.54, 1.807) is 0 Å². The third-order valence-corrected chi connectivity index (χ3v) is 4.09. The summed E-state index contributed by atoms with van der Waals surface area (Å²) >= 11 is 6.00. The molecule has 114 valence electrons. The molecular weight excluding hydrogens is 272 g/mol. The molecule has 0 radical (unpaired) electrons. The van der Waals surface area contributed by atoms with Gasteiger partial charge in [0, 0.05) is 30.2 Å². The molecule has 3 N–H and O–H groups in total. The maximum atomic E-state index is 9.20. The summed E-state index contributed by atoms with van der Waals surface area (Å²) in [6.07, 6.45) is 3.07. The van der Waals surface area contributed by atoms with E-state index in [-0.39, 0.29) is 12.6 Å². The Hall–Kier alpha value is -0.610. The van der Waals surface area contributed by atoms with Crippen molar-refractivity contribution in [3.8, 4) is 0 Å². The third kappa shape index (κ3) is 5.41. The van der Waals surface area contributed by atoms with Crippen molar-refractivity contribution in [2.24, 2.45) is 5.73 Å². The Morgan fingerprint density at radius 3 is 2.50 bits per heavy atom. The van der Waals surface area contributed by atoms with E-state index in [1.165, 1.54) is 0 Å². The van der Waals surface area contributed by atoms with Gasteiger partial charge in [0.2, 0.25) is 0 Å². The van der Waals surface area contributed by atoms with Gasteiger partial charge in [0.25, 0.3) is 0 Å². The van der Waals surface area contributed by atoms with Crippen molar-refractivity contribution in [2.75, 3.05) is 19.7 Å². The van der Waals surface area contributed by atoms with Crippen LogP contribution in [0.3, 0.4) is 0 Å². The third-order valence-electron chi connectivity index (χ3n) is 3.85. The minimum Gasteiger partial charge on any atom is -0.395 e. The highest BCUT2D eigenvalue weighted by molar-refractivity contribution is 6.30. The van der Waals surface area contributed by atoms with Crippen molar-refractivity contribution in [3.63, 3.8) is 0 Å². The lowest BCUT2D eigenvalue weighted by Gasteiger charge is -2.30. The summed E-state index contributed by atoms with van der Waals surface area (Å²) in [7, 11) is 0. The number of aliphatic hydroxyl groups is 1. The lowest BCUT2D eigenvalue weighted by Crippen LogP contribution is -2.38. The van der Waals surface area contributed by atoms with Crippen molar-refractivity contribution in [3.05, 3.63) is 34.9 Å². The van der Waals surface area contributed by atoms with Crippen LogP contribution in [0.25, 0.3) is 0 Å². The van der Waals surface area contributed by atoms with Gasteiger partial charge in [0.05, 0.1) is 6.61 Å². The lowest BCUT2D eigenvalue weighted by atomic mass is 10.0. The number of nitrogens with zero attached hydrogens (tertiary/aromatic N) is 1. The fourth-order valence-electron chi connectivity index (χ4n) is 2.62. The second kappa shape index (κ2) is 9.35. The first kappa shape index (κ1) is 17.4. The maximum Gasteiger partial charge on any atom is 0.0558 e. The molecule has 4 heteroatoms. The van der Waals surface area contributed by atoms with Crippen molar-refractivity contribution >= 4 is 11.6 Å². The van der Waals surface area contributed by atoms with Crippen molar-refractivity contribution in [2.45, 2.75) is 45.2 Å². The molecule has 0 aliphatic heterocycles. The number of rotatable bonds is 9. The SMILES string of the molecule is CCC(CC)N(CCO)CCC(N)c1cccc(Cl)c1. The average molecular weight is 299 g/mol. The van der Waals surface area contributed by atoms with Gasteiger partial charge in [0.1, 0.15) is 0 Å². The molecule has 20 heavy (non-hydrogen) atoms. The van der Waals surface area contributed by atoms with E-state index in [0.717, 1.165) is 36.4 Å². The zero-order valence-corrected chi connectivity index (χ0v) is 13.3. The highest BCUT2D eigenvalue weighted by Crippen LogP contribution is 2.19. The van der Waals surface area contributed by atoms with E-state index in [2.05, 4.69) is 18.7 Å². The van der Waals surface area contributed by atoms with Gasteiger partial charge in [-0.05, 0) is 37.0 Å². The Morgan fingerprint density at radius 2 is 1.95 bits per heavy atom. The molecule has 0 fully saturated rings. The van der Waals surface area contributed by atoms with E-state index in [1.807, 2.05) is 24.3 Å². The van der Waals surface area contributed by atoms with E-state index in [0.29, 0.717) is 12.6 Å². The number of aliphatic hydroxyl groups excluding tert-OH is 1.